The zero-order valence-electron chi connectivity index (χ0n) is 19.6. The van der Waals surface area contributed by atoms with E-state index in [1.54, 1.807) is 19.1 Å². The average Bonchev–Trinajstić information content (AvgIpc) is 3.20. The third-order valence-corrected chi connectivity index (χ3v) is 7.07. The molecule has 3 aliphatic heterocycles. The monoisotopic (exact) mass is 449 g/mol. The number of imide groups is 1. The van der Waals surface area contributed by atoms with E-state index in [2.05, 4.69) is 22.0 Å². The van der Waals surface area contributed by atoms with Gasteiger partial charge in [0.05, 0.1) is 19.3 Å². The Labute approximate surface area is 194 Å². The van der Waals surface area contributed by atoms with Crippen molar-refractivity contribution in [3.8, 4) is 5.75 Å². The molecule has 8 heteroatoms. The number of aryl methyl sites for hydroxylation is 1. The molecule has 33 heavy (non-hydrogen) atoms. The Morgan fingerprint density at radius 1 is 1.06 bits per heavy atom. The zero-order chi connectivity index (χ0) is 23.3. The van der Waals surface area contributed by atoms with E-state index in [0.29, 0.717) is 5.92 Å². The van der Waals surface area contributed by atoms with Crippen molar-refractivity contribution < 1.29 is 14.3 Å². The summed E-state index contributed by atoms with van der Waals surface area (Å²) in [6.45, 7) is 6.08. The van der Waals surface area contributed by atoms with Crippen LogP contribution in [0, 0.1) is 12.8 Å². The third-order valence-electron chi connectivity index (χ3n) is 7.07. The molecule has 0 aromatic heterocycles. The smallest absolute Gasteiger partial charge is 0.328 e. The molecule has 4 unspecified atom stereocenters. The number of amides is 3. The molecular formula is C25H31N5O3. The molecule has 3 fully saturated rings. The molecule has 3 heterocycles. The molecule has 2 aromatic carbocycles. The number of fused-ring (bicyclic) bond motifs is 3. The minimum atomic E-state index is -0.443. The summed E-state index contributed by atoms with van der Waals surface area (Å²) in [7, 11) is 3.45. The molecular weight excluding hydrogens is 418 g/mol. The van der Waals surface area contributed by atoms with Crippen molar-refractivity contribution in [3.63, 3.8) is 0 Å². The number of hydrogen-bond donors (Lipinski definition) is 1. The van der Waals surface area contributed by atoms with Crippen LogP contribution in [-0.4, -0.2) is 72.4 Å². The van der Waals surface area contributed by atoms with Crippen LogP contribution in [0.2, 0.25) is 0 Å². The number of ether oxygens (including phenoxy) is 1. The molecule has 0 radical (unpaired) electrons. The Balaban J connectivity index is 1.48. The van der Waals surface area contributed by atoms with E-state index in [4.69, 9.17) is 4.74 Å². The van der Waals surface area contributed by atoms with Crippen LogP contribution in [0.25, 0.3) is 0 Å². The number of urea groups is 1. The maximum atomic E-state index is 13.8. The van der Waals surface area contributed by atoms with Crippen LogP contribution in [0.5, 0.6) is 5.75 Å². The fraction of sp³-hybridized carbons (Fsp3) is 0.440. The molecule has 0 bridgehead atoms. The van der Waals surface area contributed by atoms with Gasteiger partial charge in [-0.05, 0) is 36.1 Å². The summed E-state index contributed by atoms with van der Waals surface area (Å²) in [5.74, 6) is 0.989. The lowest BCUT2D eigenvalue weighted by molar-refractivity contribution is -0.139. The highest BCUT2D eigenvalue weighted by atomic mass is 16.5. The second-order valence-electron chi connectivity index (χ2n) is 9.30. The summed E-state index contributed by atoms with van der Waals surface area (Å²) >= 11 is 0. The van der Waals surface area contributed by atoms with Gasteiger partial charge >= 0.3 is 6.03 Å². The topological polar surface area (TPSA) is 68.4 Å². The standard InChI is InChI=1S/C25H31N5O3/c1-16-13-28(19-11-7-8-12-20(19)33-4)24-26-22-21(29(24)14-16)23(31)30(25(32)27(22)3)15-18-10-6-5-9-17(18)2/h5-12,16,21-22,24,26H,13-15H2,1-4H3. The molecule has 2 aromatic rings. The minimum Gasteiger partial charge on any atom is -0.495 e. The van der Waals surface area contributed by atoms with Crippen LogP contribution in [0.4, 0.5) is 10.5 Å². The number of methoxy groups -OCH3 is 1. The van der Waals surface area contributed by atoms with Crippen LogP contribution in [-0.2, 0) is 11.3 Å². The first-order valence-electron chi connectivity index (χ1n) is 11.4. The quantitative estimate of drug-likeness (QED) is 0.774. The fourth-order valence-electron chi connectivity index (χ4n) is 5.37. The maximum Gasteiger partial charge on any atom is 0.328 e. The van der Waals surface area contributed by atoms with Crippen LogP contribution < -0.4 is 15.0 Å². The first kappa shape index (κ1) is 21.7. The number of anilines is 1. The minimum absolute atomic E-state index is 0.143. The molecule has 0 saturated carbocycles. The summed E-state index contributed by atoms with van der Waals surface area (Å²) in [6.07, 6.45) is -0.587. The second-order valence-corrected chi connectivity index (χ2v) is 9.30. The van der Waals surface area contributed by atoms with Gasteiger partial charge in [0.25, 0.3) is 5.91 Å². The number of likely N-dealkylation sites (N-methyl/N-ethyl adjacent to an activating group) is 1. The molecule has 4 atom stereocenters. The Morgan fingerprint density at radius 3 is 2.55 bits per heavy atom. The number of nitrogens with one attached hydrogen (secondary N) is 1. The van der Waals surface area contributed by atoms with Gasteiger partial charge < -0.3 is 14.5 Å². The number of hydrogen-bond acceptors (Lipinski definition) is 6. The SMILES string of the molecule is COc1ccccc1N1CC(C)CN2C3C(=O)N(Cc4ccccc4C)C(=O)N(C)C3NC12. The summed E-state index contributed by atoms with van der Waals surface area (Å²) in [4.78, 5) is 34.6. The Hall–Kier alpha value is -3.10. The van der Waals surface area contributed by atoms with E-state index in [1.165, 1.54) is 4.90 Å². The molecule has 3 amide bonds. The number of benzene rings is 2. The normalized spacial score (nSPS) is 27.6. The molecule has 3 aliphatic rings. The van der Waals surface area contributed by atoms with Crippen LogP contribution >= 0.6 is 0 Å². The van der Waals surface area contributed by atoms with Gasteiger partial charge in [-0.3, -0.25) is 19.9 Å². The fourth-order valence-corrected chi connectivity index (χ4v) is 5.37. The molecule has 0 spiro atoms. The second kappa shape index (κ2) is 8.35. The lowest BCUT2D eigenvalue weighted by Crippen LogP contribution is -2.66. The summed E-state index contributed by atoms with van der Waals surface area (Å²) in [5.41, 5.74) is 3.03. The Kier molecular flexibility index (Phi) is 5.50. The van der Waals surface area contributed by atoms with E-state index < -0.39 is 6.04 Å². The van der Waals surface area contributed by atoms with Gasteiger partial charge in [0.15, 0.2) is 0 Å². The van der Waals surface area contributed by atoms with Crippen molar-refractivity contribution in [1.82, 2.24) is 20.0 Å². The highest BCUT2D eigenvalue weighted by Gasteiger charge is 2.56. The first-order valence-corrected chi connectivity index (χ1v) is 11.4. The van der Waals surface area contributed by atoms with E-state index in [9.17, 15) is 9.59 Å². The van der Waals surface area contributed by atoms with Gasteiger partial charge in [-0.25, -0.2) is 4.79 Å². The number of nitrogens with zero attached hydrogens (tertiary/aromatic N) is 4. The Bertz CT molecular complexity index is 1080. The van der Waals surface area contributed by atoms with Crippen molar-refractivity contribution in [1.29, 1.82) is 0 Å². The number of carbonyl (C=O) groups is 2. The summed E-state index contributed by atoms with van der Waals surface area (Å²) in [6, 6.07) is 15.1. The summed E-state index contributed by atoms with van der Waals surface area (Å²) < 4.78 is 5.63. The van der Waals surface area contributed by atoms with E-state index in [-0.39, 0.29) is 30.9 Å². The lowest BCUT2D eigenvalue weighted by Gasteiger charge is -2.46. The Morgan fingerprint density at radius 2 is 1.79 bits per heavy atom. The first-order chi connectivity index (χ1) is 15.9. The van der Waals surface area contributed by atoms with E-state index in [0.717, 1.165) is 35.7 Å². The molecule has 1 N–H and O–H groups in total. The van der Waals surface area contributed by atoms with Gasteiger partial charge in [-0.2, -0.15) is 0 Å². The average molecular weight is 450 g/mol. The maximum absolute atomic E-state index is 13.8. The summed E-state index contributed by atoms with van der Waals surface area (Å²) in [5, 5.41) is 3.58. The van der Waals surface area contributed by atoms with Crippen LogP contribution in [0.15, 0.2) is 48.5 Å². The van der Waals surface area contributed by atoms with Crippen molar-refractivity contribution in [3.05, 3.63) is 59.7 Å². The number of carbonyl (C=O) groups excluding carboxylic acids is 2. The van der Waals surface area contributed by atoms with Gasteiger partial charge in [-0.1, -0.05) is 43.3 Å². The van der Waals surface area contributed by atoms with Crippen molar-refractivity contribution in [2.24, 2.45) is 5.92 Å². The van der Waals surface area contributed by atoms with E-state index >= 15 is 0 Å². The molecule has 174 valence electrons. The predicted molar refractivity (Wildman–Crippen MR) is 126 cm³/mol. The van der Waals surface area contributed by atoms with Gasteiger partial charge in [0.1, 0.15) is 24.2 Å². The third kappa shape index (κ3) is 3.54. The van der Waals surface area contributed by atoms with Crippen molar-refractivity contribution in [2.75, 3.05) is 32.1 Å². The largest absolute Gasteiger partial charge is 0.495 e. The highest BCUT2D eigenvalue weighted by Crippen LogP contribution is 2.38. The zero-order valence-corrected chi connectivity index (χ0v) is 19.6. The van der Waals surface area contributed by atoms with Crippen LogP contribution in [0.1, 0.15) is 18.1 Å². The van der Waals surface area contributed by atoms with Gasteiger partial charge in [-0.15, -0.1) is 0 Å². The lowest BCUT2D eigenvalue weighted by atomic mass is 10.0. The molecule has 5 rings (SSSR count). The highest BCUT2D eigenvalue weighted by molar-refractivity contribution is 6.00. The van der Waals surface area contributed by atoms with Crippen molar-refractivity contribution in [2.45, 2.75) is 38.9 Å². The van der Waals surface area contributed by atoms with E-state index in [1.807, 2.05) is 55.5 Å². The molecule has 3 saturated heterocycles. The van der Waals surface area contributed by atoms with Crippen molar-refractivity contribution >= 4 is 17.6 Å². The van der Waals surface area contributed by atoms with Crippen LogP contribution in [0.3, 0.4) is 0 Å². The molecule has 0 aliphatic carbocycles. The predicted octanol–water partition coefficient (Wildman–Crippen LogP) is 2.44. The van der Waals surface area contributed by atoms with Gasteiger partial charge in [0, 0.05) is 20.1 Å². The number of para-hydroxylation sites is 2. The number of rotatable bonds is 4. The molecule has 8 nitrogen and oxygen atoms in total. The van der Waals surface area contributed by atoms with Gasteiger partial charge in [0.2, 0.25) is 0 Å².